The lowest BCUT2D eigenvalue weighted by atomic mass is 9.94. The maximum absolute atomic E-state index is 12.1. The van der Waals surface area contributed by atoms with Gasteiger partial charge in [0.25, 0.3) is 0 Å². The summed E-state index contributed by atoms with van der Waals surface area (Å²) < 4.78 is 0. The predicted molar refractivity (Wildman–Crippen MR) is 61.3 cm³/mol. The Morgan fingerprint density at radius 3 is 2.59 bits per heavy atom. The first-order valence-electron chi connectivity index (χ1n) is 6.69. The number of amides is 1. The summed E-state index contributed by atoms with van der Waals surface area (Å²) in [6, 6.07) is -0.534. The number of carboxylic acids is 1. The molecule has 3 fully saturated rings. The lowest BCUT2D eigenvalue weighted by molar-refractivity contribution is -0.149. The Morgan fingerprint density at radius 1 is 1.18 bits per heavy atom. The van der Waals surface area contributed by atoms with Gasteiger partial charge in [0, 0.05) is 13.0 Å². The largest absolute Gasteiger partial charge is 0.480 e. The molecule has 0 aromatic heterocycles. The summed E-state index contributed by atoms with van der Waals surface area (Å²) in [4.78, 5) is 25.1. The van der Waals surface area contributed by atoms with Gasteiger partial charge in [-0.25, -0.2) is 4.79 Å². The first kappa shape index (κ1) is 11.1. The highest BCUT2D eigenvalue weighted by atomic mass is 16.4. The Bertz CT molecular complexity index is 351. The molecule has 0 spiro atoms. The zero-order valence-electron chi connectivity index (χ0n) is 9.97. The molecule has 1 saturated heterocycles. The number of carbonyl (C=O) groups excluding carboxylic acids is 1. The van der Waals surface area contributed by atoms with Crippen molar-refractivity contribution < 1.29 is 14.7 Å². The molecule has 2 aliphatic carbocycles. The number of aliphatic carboxylic acids is 1. The van der Waals surface area contributed by atoms with Crippen molar-refractivity contribution in [2.45, 2.75) is 44.6 Å². The zero-order chi connectivity index (χ0) is 12.0. The average molecular weight is 237 g/mol. The third-order valence-corrected chi connectivity index (χ3v) is 4.62. The van der Waals surface area contributed by atoms with Gasteiger partial charge in [-0.1, -0.05) is 6.42 Å². The van der Waals surface area contributed by atoms with Crippen LogP contribution in [0.5, 0.6) is 0 Å². The van der Waals surface area contributed by atoms with Crippen LogP contribution in [0, 0.1) is 17.8 Å². The van der Waals surface area contributed by atoms with Crippen molar-refractivity contribution in [3.05, 3.63) is 0 Å². The van der Waals surface area contributed by atoms with E-state index in [1.165, 1.54) is 0 Å². The molecule has 3 aliphatic rings. The van der Waals surface area contributed by atoms with E-state index in [4.69, 9.17) is 0 Å². The van der Waals surface area contributed by atoms with E-state index < -0.39 is 12.0 Å². The number of hydrogen-bond acceptors (Lipinski definition) is 2. The van der Waals surface area contributed by atoms with Gasteiger partial charge in [0.05, 0.1) is 0 Å². The molecule has 94 valence electrons. The minimum atomic E-state index is -0.802. The van der Waals surface area contributed by atoms with Crippen LogP contribution in [0.4, 0.5) is 0 Å². The van der Waals surface area contributed by atoms with Crippen molar-refractivity contribution in [1.29, 1.82) is 0 Å². The fourth-order valence-electron chi connectivity index (χ4n) is 3.56. The Balaban J connectivity index is 1.73. The Hall–Kier alpha value is -1.06. The van der Waals surface area contributed by atoms with Gasteiger partial charge in [-0.3, -0.25) is 4.79 Å². The van der Waals surface area contributed by atoms with Crippen LogP contribution in [-0.2, 0) is 9.59 Å². The number of hydrogen-bond donors (Lipinski definition) is 1. The predicted octanol–water partition coefficient (Wildman–Crippen LogP) is 1.50. The number of carboxylic acid groups (broad SMARTS) is 1. The van der Waals surface area contributed by atoms with E-state index in [0.717, 1.165) is 32.1 Å². The van der Waals surface area contributed by atoms with Crippen molar-refractivity contribution in [2.24, 2.45) is 17.8 Å². The van der Waals surface area contributed by atoms with Gasteiger partial charge in [-0.05, 0) is 43.4 Å². The van der Waals surface area contributed by atoms with Crippen molar-refractivity contribution in [2.75, 3.05) is 6.54 Å². The molecule has 1 N–H and O–H groups in total. The normalized spacial score (nSPS) is 36.0. The average Bonchev–Trinajstić information content (AvgIpc) is 2.84. The zero-order valence-corrected chi connectivity index (χ0v) is 9.97. The molecule has 1 amide bonds. The van der Waals surface area contributed by atoms with Gasteiger partial charge in [-0.15, -0.1) is 0 Å². The summed E-state index contributed by atoms with van der Waals surface area (Å²) in [5, 5.41) is 9.34. The van der Waals surface area contributed by atoms with Gasteiger partial charge in [-0.2, -0.15) is 0 Å². The van der Waals surface area contributed by atoms with Crippen LogP contribution < -0.4 is 0 Å². The van der Waals surface area contributed by atoms with E-state index in [0.29, 0.717) is 24.8 Å². The summed E-state index contributed by atoms with van der Waals surface area (Å²) in [6.07, 6.45) is 6.07. The van der Waals surface area contributed by atoms with Crippen LogP contribution in [0.2, 0.25) is 0 Å². The number of nitrogens with zero attached hydrogens (tertiary/aromatic N) is 1. The Morgan fingerprint density at radius 2 is 1.94 bits per heavy atom. The Kier molecular flexibility index (Phi) is 2.60. The van der Waals surface area contributed by atoms with Crippen molar-refractivity contribution >= 4 is 11.9 Å². The maximum Gasteiger partial charge on any atom is 0.326 e. The Labute approximate surface area is 101 Å². The van der Waals surface area contributed by atoms with Crippen molar-refractivity contribution in [3.63, 3.8) is 0 Å². The third kappa shape index (κ3) is 1.94. The molecule has 0 radical (unpaired) electrons. The highest BCUT2D eigenvalue weighted by Crippen LogP contribution is 2.43. The molecule has 0 bridgehead atoms. The minimum Gasteiger partial charge on any atom is -0.480 e. The molecular formula is C13H19NO3. The van der Waals surface area contributed by atoms with E-state index in [9.17, 15) is 14.7 Å². The number of fused-ring (bicyclic) bond motifs is 1. The van der Waals surface area contributed by atoms with Crippen LogP contribution in [0.25, 0.3) is 0 Å². The molecule has 1 heterocycles. The summed E-state index contributed by atoms with van der Waals surface area (Å²) >= 11 is 0. The van der Waals surface area contributed by atoms with Crippen molar-refractivity contribution in [1.82, 2.24) is 4.90 Å². The molecule has 4 heteroatoms. The molecule has 2 saturated carbocycles. The number of rotatable bonds is 3. The highest BCUT2D eigenvalue weighted by molar-refractivity contribution is 5.85. The molecule has 3 atom stereocenters. The molecule has 3 rings (SSSR count). The van der Waals surface area contributed by atoms with Crippen LogP contribution in [0.3, 0.4) is 0 Å². The summed E-state index contributed by atoms with van der Waals surface area (Å²) in [5.74, 6) is 0.477. The lowest BCUT2D eigenvalue weighted by Gasteiger charge is -2.24. The van der Waals surface area contributed by atoms with Gasteiger partial charge < -0.3 is 10.0 Å². The fourth-order valence-corrected chi connectivity index (χ4v) is 3.56. The smallest absolute Gasteiger partial charge is 0.326 e. The van der Waals surface area contributed by atoms with E-state index in [1.807, 2.05) is 0 Å². The number of likely N-dealkylation sites (tertiary alicyclic amines) is 1. The van der Waals surface area contributed by atoms with Gasteiger partial charge in [0.15, 0.2) is 0 Å². The summed E-state index contributed by atoms with van der Waals surface area (Å²) in [5.41, 5.74) is 0. The fraction of sp³-hybridized carbons (Fsp3) is 0.846. The second-order valence-corrected chi connectivity index (χ2v) is 5.83. The SMILES string of the molecule is O=C(O)C1C2CCCC2CN1C(=O)CC1CC1. The van der Waals surface area contributed by atoms with Crippen molar-refractivity contribution in [3.8, 4) is 0 Å². The van der Waals surface area contributed by atoms with Crippen LogP contribution in [-0.4, -0.2) is 34.5 Å². The minimum absolute atomic E-state index is 0.0781. The van der Waals surface area contributed by atoms with Crippen LogP contribution in [0.15, 0.2) is 0 Å². The van der Waals surface area contributed by atoms with E-state index in [-0.39, 0.29) is 11.8 Å². The summed E-state index contributed by atoms with van der Waals surface area (Å²) in [7, 11) is 0. The highest BCUT2D eigenvalue weighted by Gasteiger charge is 2.49. The summed E-state index contributed by atoms with van der Waals surface area (Å²) in [6.45, 7) is 0.688. The molecule has 1 aliphatic heterocycles. The standard InChI is InChI=1S/C13H19NO3/c15-11(6-8-4-5-8)14-7-9-2-1-3-10(9)12(14)13(16)17/h8-10,12H,1-7H2,(H,16,17). The molecular weight excluding hydrogens is 218 g/mol. The van der Waals surface area contributed by atoms with Crippen LogP contribution in [0.1, 0.15) is 38.5 Å². The van der Waals surface area contributed by atoms with E-state index in [2.05, 4.69) is 0 Å². The number of carbonyl (C=O) groups is 2. The third-order valence-electron chi connectivity index (χ3n) is 4.62. The maximum atomic E-state index is 12.1. The molecule has 0 aromatic rings. The van der Waals surface area contributed by atoms with Crippen LogP contribution >= 0.6 is 0 Å². The molecule has 17 heavy (non-hydrogen) atoms. The second kappa shape index (κ2) is 4.00. The van der Waals surface area contributed by atoms with E-state index >= 15 is 0 Å². The molecule has 4 nitrogen and oxygen atoms in total. The second-order valence-electron chi connectivity index (χ2n) is 5.83. The van der Waals surface area contributed by atoms with Gasteiger partial charge >= 0.3 is 5.97 Å². The topological polar surface area (TPSA) is 57.6 Å². The molecule has 0 aromatic carbocycles. The first-order chi connectivity index (χ1) is 8.16. The monoisotopic (exact) mass is 237 g/mol. The first-order valence-corrected chi connectivity index (χ1v) is 6.69. The lowest BCUT2D eigenvalue weighted by Crippen LogP contribution is -2.43. The van der Waals surface area contributed by atoms with E-state index in [1.54, 1.807) is 4.90 Å². The quantitative estimate of drug-likeness (QED) is 0.809. The molecule has 3 unspecified atom stereocenters. The van der Waals surface area contributed by atoms with Gasteiger partial charge in [0.1, 0.15) is 6.04 Å². The van der Waals surface area contributed by atoms with Gasteiger partial charge in [0.2, 0.25) is 5.91 Å².